The minimum absolute atomic E-state index is 0.220. The lowest BCUT2D eigenvalue weighted by Gasteiger charge is -2.38. The number of rotatable bonds is 6. The lowest BCUT2D eigenvalue weighted by Crippen LogP contribution is -2.31. The number of benzene rings is 1. The first-order chi connectivity index (χ1) is 13.3. The summed E-state index contributed by atoms with van der Waals surface area (Å²) in [6.45, 7) is 9.91. The summed E-state index contributed by atoms with van der Waals surface area (Å²) in [6.07, 6.45) is 12.8. The van der Waals surface area contributed by atoms with Gasteiger partial charge in [0.2, 0.25) is 0 Å². The van der Waals surface area contributed by atoms with Gasteiger partial charge >= 0.3 is 0 Å². The van der Waals surface area contributed by atoms with Gasteiger partial charge in [-0.05, 0) is 85.2 Å². The minimum atomic E-state index is 0.220. The van der Waals surface area contributed by atoms with Crippen molar-refractivity contribution in [2.24, 2.45) is 11.8 Å². The van der Waals surface area contributed by atoms with E-state index < -0.39 is 0 Å². The van der Waals surface area contributed by atoms with E-state index in [9.17, 15) is 0 Å². The average Bonchev–Trinajstić information content (AvgIpc) is 3.55. The summed E-state index contributed by atoms with van der Waals surface area (Å²) in [4.78, 5) is 0. The van der Waals surface area contributed by atoms with Gasteiger partial charge in [-0.3, -0.25) is 0 Å². The first-order valence-corrected chi connectivity index (χ1v) is 11.7. The molecule has 2 saturated heterocycles. The zero-order valence-corrected chi connectivity index (χ0v) is 18.2. The molecule has 6 atom stereocenters. The first-order valence-electron chi connectivity index (χ1n) is 11.7. The van der Waals surface area contributed by atoms with Crippen LogP contribution < -0.4 is 0 Å². The van der Waals surface area contributed by atoms with E-state index in [4.69, 9.17) is 9.47 Å². The number of fused-ring (bicyclic) bond motifs is 2. The van der Waals surface area contributed by atoms with E-state index in [0.29, 0.717) is 24.4 Å². The summed E-state index contributed by atoms with van der Waals surface area (Å²) >= 11 is 0. The molecule has 154 valence electrons. The minimum Gasteiger partial charge on any atom is -0.370 e. The zero-order chi connectivity index (χ0) is 19.5. The molecule has 0 aromatic heterocycles. The maximum Gasteiger partial charge on any atom is 0.0844 e. The lowest BCUT2D eigenvalue weighted by atomic mass is 9.66. The molecule has 28 heavy (non-hydrogen) atoms. The van der Waals surface area contributed by atoms with Crippen LogP contribution in [0.15, 0.2) is 24.3 Å². The van der Waals surface area contributed by atoms with Crippen molar-refractivity contribution >= 4 is 0 Å². The molecule has 2 aliphatic carbocycles. The van der Waals surface area contributed by atoms with Crippen LogP contribution in [-0.2, 0) is 20.3 Å². The highest BCUT2D eigenvalue weighted by molar-refractivity contribution is 5.38. The van der Waals surface area contributed by atoms with Gasteiger partial charge in [-0.15, -0.1) is 0 Å². The molecule has 2 nitrogen and oxygen atoms in total. The van der Waals surface area contributed by atoms with Crippen LogP contribution in [0.5, 0.6) is 0 Å². The van der Waals surface area contributed by atoms with Crippen LogP contribution in [0.3, 0.4) is 0 Å². The second-order valence-electron chi connectivity index (χ2n) is 11.5. The van der Waals surface area contributed by atoms with E-state index >= 15 is 0 Å². The second-order valence-corrected chi connectivity index (χ2v) is 11.5. The Bertz CT molecular complexity index is 660. The van der Waals surface area contributed by atoms with Gasteiger partial charge in [0.25, 0.3) is 0 Å². The van der Waals surface area contributed by atoms with Gasteiger partial charge in [0.05, 0.1) is 24.4 Å². The first kappa shape index (κ1) is 19.1. The molecule has 2 saturated carbocycles. The standard InChI is InChI=1S/C26H38O2/c1-25(2,15-17-9-11-21-23(13-17)27-21)19-7-5-6-8-20(19)26(3,4)16-18-10-12-22-24(14-18)28-22/h5-8,17-18,21-24H,9-16H2,1-4H3. The Morgan fingerprint density at radius 1 is 0.679 bits per heavy atom. The second kappa shape index (κ2) is 6.84. The molecule has 6 unspecified atom stereocenters. The number of ether oxygens (including phenoxy) is 2. The van der Waals surface area contributed by atoms with Crippen molar-refractivity contribution in [1.82, 2.24) is 0 Å². The Balaban J connectivity index is 1.33. The Labute approximate surface area is 171 Å². The molecule has 2 heteroatoms. The lowest BCUT2D eigenvalue weighted by molar-refractivity contribution is 0.278. The van der Waals surface area contributed by atoms with Crippen LogP contribution >= 0.6 is 0 Å². The average molecular weight is 383 g/mol. The zero-order valence-electron chi connectivity index (χ0n) is 18.2. The van der Waals surface area contributed by atoms with Crippen LogP contribution in [0.4, 0.5) is 0 Å². The maximum absolute atomic E-state index is 5.79. The Morgan fingerprint density at radius 2 is 1.11 bits per heavy atom. The third kappa shape index (κ3) is 3.79. The molecule has 0 bridgehead atoms. The largest absolute Gasteiger partial charge is 0.370 e. The van der Waals surface area contributed by atoms with Gasteiger partial charge < -0.3 is 9.47 Å². The molecule has 4 aliphatic rings. The molecule has 4 fully saturated rings. The molecule has 0 N–H and O–H groups in total. The molecular weight excluding hydrogens is 344 g/mol. The van der Waals surface area contributed by atoms with Crippen molar-refractivity contribution in [1.29, 1.82) is 0 Å². The van der Waals surface area contributed by atoms with E-state index in [-0.39, 0.29) is 10.8 Å². The van der Waals surface area contributed by atoms with Crippen molar-refractivity contribution in [3.05, 3.63) is 35.4 Å². The predicted molar refractivity (Wildman–Crippen MR) is 114 cm³/mol. The van der Waals surface area contributed by atoms with Gasteiger partial charge in [-0.1, -0.05) is 52.0 Å². The third-order valence-corrected chi connectivity index (χ3v) is 8.21. The molecule has 2 aliphatic heterocycles. The summed E-state index contributed by atoms with van der Waals surface area (Å²) in [5.41, 5.74) is 3.60. The molecular formula is C26H38O2. The summed E-state index contributed by atoms with van der Waals surface area (Å²) in [5.74, 6) is 1.63. The number of epoxide rings is 2. The quantitative estimate of drug-likeness (QED) is 0.551. The van der Waals surface area contributed by atoms with Gasteiger partial charge in [-0.25, -0.2) is 0 Å². The fourth-order valence-electron chi connectivity index (χ4n) is 6.67. The van der Waals surface area contributed by atoms with E-state index in [2.05, 4.69) is 52.0 Å². The highest BCUT2D eigenvalue weighted by atomic mass is 16.6. The topological polar surface area (TPSA) is 25.1 Å². The third-order valence-electron chi connectivity index (χ3n) is 8.21. The molecule has 1 aromatic rings. The highest BCUT2D eigenvalue weighted by Gasteiger charge is 2.46. The SMILES string of the molecule is CC(C)(CC1CCC2OC2C1)c1ccccc1C(C)(C)CC1CCC2OC2C1. The Morgan fingerprint density at radius 3 is 1.50 bits per heavy atom. The van der Waals surface area contributed by atoms with E-state index in [1.807, 2.05) is 0 Å². The number of hydrogen-bond acceptors (Lipinski definition) is 2. The summed E-state index contributed by atoms with van der Waals surface area (Å²) in [7, 11) is 0. The molecule has 1 aromatic carbocycles. The van der Waals surface area contributed by atoms with Crippen LogP contribution in [0.1, 0.15) is 90.2 Å². The Hall–Kier alpha value is -0.860. The summed E-state index contributed by atoms with van der Waals surface area (Å²) < 4.78 is 11.6. The number of hydrogen-bond donors (Lipinski definition) is 0. The van der Waals surface area contributed by atoms with Gasteiger partial charge in [0.1, 0.15) is 0 Å². The van der Waals surface area contributed by atoms with E-state index in [1.54, 1.807) is 11.1 Å². The van der Waals surface area contributed by atoms with Crippen molar-refractivity contribution < 1.29 is 9.47 Å². The van der Waals surface area contributed by atoms with Gasteiger partial charge in [0.15, 0.2) is 0 Å². The van der Waals surface area contributed by atoms with Gasteiger partial charge in [-0.2, -0.15) is 0 Å². The molecule has 0 spiro atoms. The van der Waals surface area contributed by atoms with Crippen LogP contribution in [-0.4, -0.2) is 24.4 Å². The van der Waals surface area contributed by atoms with E-state index in [1.165, 1.54) is 51.4 Å². The van der Waals surface area contributed by atoms with Crippen molar-refractivity contribution in [3.63, 3.8) is 0 Å². The maximum atomic E-state index is 5.79. The highest BCUT2D eigenvalue weighted by Crippen LogP contribution is 2.48. The van der Waals surface area contributed by atoms with Crippen molar-refractivity contribution in [2.75, 3.05) is 0 Å². The monoisotopic (exact) mass is 382 g/mol. The molecule has 0 amide bonds. The molecule has 2 heterocycles. The van der Waals surface area contributed by atoms with Crippen LogP contribution in [0.25, 0.3) is 0 Å². The molecule has 5 rings (SSSR count). The normalized spacial score (nSPS) is 37.1. The summed E-state index contributed by atoms with van der Waals surface area (Å²) in [6, 6.07) is 9.33. The van der Waals surface area contributed by atoms with Crippen molar-refractivity contribution in [2.45, 2.75) is 114 Å². The van der Waals surface area contributed by atoms with Crippen LogP contribution in [0, 0.1) is 11.8 Å². The molecule has 0 radical (unpaired) electrons. The van der Waals surface area contributed by atoms with E-state index in [0.717, 1.165) is 11.8 Å². The fourth-order valence-corrected chi connectivity index (χ4v) is 6.67. The smallest absolute Gasteiger partial charge is 0.0844 e. The predicted octanol–water partition coefficient (Wildman–Crippen LogP) is 6.16. The fraction of sp³-hybridized carbons (Fsp3) is 0.769. The summed E-state index contributed by atoms with van der Waals surface area (Å²) in [5, 5.41) is 0. The van der Waals surface area contributed by atoms with Crippen molar-refractivity contribution in [3.8, 4) is 0 Å². The van der Waals surface area contributed by atoms with Crippen LogP contribution in [0.2, 0.25) is 0 Å². The Kier molecular flexibility index (Phi) is 4.67. The van der Waals surface area contributed by atoms with Gasteiger partial charge in [0, 0.05) is 0 Å².